The number of aromatic nitrogens is 1. The number of allylic oxidation sites excluding steroid dienone is 3. The molecular weight excluding hydrogens is 455 g/mol. The number of carbonyl (C=O) groups is 1. The van der Waals surface area contributed by atoms with E-state index in [1.165, 1.54) is 6.08 Å². The molecule has 0 saturated carbocycles. The van der Waals surface area contributed by atoms with Gasteiger partial charge < -0.3 is 14.6 Å². The van der Waals surface area contributed by atoms with Crippen molar-refractivity contribution < 1.29 is 22.7 Å². The number of nitrogens with zero attached hydrogens (tertiary/aromatic N) is 2. The van der Waals surface area contributed by atoms with Gasteiger partial charge in [-0.05, 0) is 37.5 Å². The van der Waals surface area contributed by atoms with Gasteiger partial charge in [-0.2, -0.15) is 13.2 Å². The molecule has 8 heteroatoms. The second kappa shape index (κ2) is 12.7. The number of alkyl halides is 3. The number of carbonyl (C=O) groups excluding carboxylic acids is 1. The first kappa shape index (κ1) is 26.8. The van der Waals surface area contributed by atoms with Gasteiger partial charge in [0, 0.05) is 43.3 Å². The van der Waals surface area contributed by atoms with Crippen molar-refractivity contribution in [3.63, 3.8) is 0 Å². The van der Waals surface area contributed by atoms with Gasteiger partial charge in [-0.3, -0.25) is 9.69 Å². The summed E-state index contributed by atoms with van der Waals surface area (Å²) in [4.78, 5) is 15.6. The van der Waals surface area contributed by atoms with Crippen molar-refractivity contribution in [2.75, 3.05) is 32.8 Å². The van der Waals surface area contributed by atoms with Crippen molar-refractivity contribution in [3.8, 4) is 11.3 Å². The van der Waals surface area contributed by atoms with Gasteiger partial charge in [-0.25, -0.2) is 0 Å². The molecule has 0 unspecified atom stereocenters. The van der Waals surface area contributed by atoms with Crippen molar-refractivity contribution in [3.05, 3.63) is 71.6 Å². The fraction of sp³-hybridized carbons (Fsp3) is 0.444. The summed E-state index contributed by atoms with van der Waals surface area (Å²) in [7, 11) is 0. The fourth-order valence-corrected chi connectivity index (χ4v) is 4.19. The Morgan fingerprint density at radius 1 is 1.14 bits per heavy atom. The maximum Gasteiger partial charge on any atom is 0.392 e. The summed E-state index contributed by atoms with van der Waals surface area (Å²) < 4.78 is 45.2. The minimum atomic E-state index is -4.28. The SMILES string of the molecule is CCC=C(C=CCC(F)(F)F)NC(=O)c1cc(-c2ccccc2)n(CCCN2CCOCC2)c1C. The zero-order chi connectivity index (χ0) is 25.3. The Bertz CT molecular complexity index is 1020. The van der Waals surface area contributed by atoms with E-state index in [0.29, 0.717) is 17.7 Å². The van der Waals surface area contributed by atoms with Crippen molar-refractivity contribution in [1.82, 2.24) is 14.8 Å². The van der Waals surface area contributed by atoms with Crippen LogP contribution in [0, 0.1) is 6.92 Å². The predicted octanol–water partition coefficient (Wildman–Crippen LogP) is 5.72. The maximum atomic E-state index is 13.2. The summed E-state index contributed by atoms with van der Waals surface area (Å²) in [6.45, 7) is 8.86. The quantitative estimate of drug-likeness (QED) is 0.435. The molecule has 5 nitrogen and oxygen atoms in total. The summed E-state index contributed by atoms with van der Waals surface area (Å²) in [5.74, 6) is -0.331. The number of ether oxygens (including phenoxy) is 1. The number of hydrogen-bond donors (Lipinski definition) is 1. The molecule has 1 aliphatic heterocycles. The lowest BCUT2D eigenvalue weighted by Gasteiger charge is -2.26. The average Bonchev–Trinajstić information content (AvgIpc) is 3.16. The van der Waals surface area contributed by atoms with Crippen LogP contribution in [0.2, 0.25) is 0 Å². The summed E-state index contributed by atoms with van der Waals surface area (Å²) in [6, 6.07) is 11.8. The highest BCUT2D eigenvalue weighted by Crippen LogP contribution is 2.27. The fourth-order valence-electron chi connectivity index (χ4n) is 4.19. The van der Waals surface area contributed by atoms with Crippen LogP contribution in [0.5, 0.6) is 0 Å². The van der Waals surface area contributed by atoms with E-state index in [0.717, 1.165) is 68.8 Å². The monoisotopic (exact) mass is 489 g/mol. The Balaban J connectivity index is 1.80. The standard InChI is InChI=1S/C27H34F3N3O2/c1-3-9-23(12-7-13-27(28,29)30)31-26(34)24-20-25(22-10-5-4-6-11-22)33(21(24)2)15-8-14-32-16-18-35-19-17-32/h4-7,9-12,20H,3,8,13-19H2,1-2H3,(H,31,34). The highest BCUT2D eigenvalue weighted by Gasteiger charge is 2.25. The summed E-state index contributed by atoms with van der Waals surface area (Å²) >= 11 is 0. The van der Waals surface area contributed by atoms with Crippen molar-refractivity contribution >= 4 is 5.91 Å². The third kappa shape index (κ3) is 8.11. The van der Waals surface area contributed by atoms with E-state index in [1.807, 2.05) is 50.2 Å². The number of benzene rings is 1. The van der Waals surface area contributed by atoms with Gasteiger partial charge in [0.15, 0.2) is 0 Å². The largest absolute Gasteiger partial charge is 0.392 e. The smallest absolute Gasteiger partial charge is 0.379 e. The Hall–Kier alpha value is -2.84. The van der Waals surface area contributed by atoms with Gasteiger partial charge in [0.1, 0.15) is 0 Å². The molecule has 0 atom stereocenters. The molecule has 1 amide bonds. The van der Waals surface area contributed by atoms with Gasteiger partial charge in [0.25, 0.3) is 5.91 Å². The predicted molar refractivity (Wildman–Crippen MR) is 132 cm³/mol. The number of nitrogens with one attached hydrogen (secondary N) is 1. The Labute approximate surface area is 205 Å². The molecule has 2 heterocycles. The number of amides is 1. The van der Waals surface area contributed by atoms with Crippen LogP contribution < -0.4 is 5.32 Å². The van der Waals surface area contributed by atoms with E-state index in [1.54, 1.807) is 6.08 Å². The Morgan fingerprint density at radius 2 is 1.86 bits per heavy atom. The van der Waals surface area contributed by atoms with Crippen LogP contribution in [0.1, 0.15) is 42.2 Å². The first-order valence-electron chi connectivity index (χ1n) is 12.1. The van der Waals surface area contributed by atoms with Gasteiger partial charge in [-0.1, -0.05) is 49.4 Å². The maximum absolute atomic E-state index is 13.2. The molecule has 35 heavy (non-hydrogen) atoms. The van der Waals surface area contributed by atoms with E-state index in [9.17, 15) is 18.0 Å². The molecule has 1 fully saturated rings. The second-order valence-electron chi connectivity index (χ2n) is 8.60. The lowest BCUT2D eigenvalue weighted by atomic mass is 10.1. The second-order valence-corrected chi connectivity index (χ2v) is 8.60. The molecule has 1 N–H and O–H groups in total. The van der Waals surface area contributed by atoms with Gasteiger partial charge in [-0.15, -0.1) is 0 Å². The zero-order valence-corrected chi connectivity index (χ0v) is 20.4. The normalized spacial score (nSPS) is 15.6. The molecule has 0 radical (unpaired) electrons. The van der Waals surface area contributed by atoms with Crippen molar-refractivity contribution in [2.24, 2.45) is 0 Å². The Morgan fingerprint density at radius 3 is 2.51 bits per heavy atom. The van der Waals surface area contributed by atoms with Crippen LogP contribution in [-0.2, 0) is 11.3 Å². The topological polar surface area (TPSA) is 46.5 Å². The van der Waals surface area contributed by atoms with Crippen LogP contribution in [0.25, 0.3) is 11.3 Å². The molecule has 0 bridgehead atoms. The van der Waals surface area contributed by atoms with Gasteiger partial charge in [0.05, 0.1) is 25.2 Å². The molecular formula is C27H34F3N3O2. The van der Waals surface area contributed by atoms with Crippen LogP contribution >= 0.6 is 0 Å². The minimum absolute atomic E-state index is 0.331. The number of rotatable bonds is 10. The lowest BCUT2D eigenvalue weighted by molar-refractivity contribution is -0.125. The summed E-state index contributed by atoms with van der Waals surface area (Å²) in [6.07, 6.45) is 0.248. The molecule has 0 aliphatic carbocycles. The van der Waals surface area contributed by atoms with Crippen LogP contribution in [0.3, 0.4) is 0 Å². The Kier molecular flexibility index (Phi) is 9.74. The summed E-state index contributed by atoms with van der Waals surface area (Å²) in [5, 5.41) is 2.79. The van der Waals surface area contributed by atoms with E-state index in [-0.39, 0.29) is 5.91 Å². The molecule has 1 saturated heterocycles. The van der Waals surface area contributed by atoms with E-state index >= 15 is 0 Å². The first-order valence-corrected chi connectivity index (χ1v) is 12.1. The number of hydrogen-bond acceptors (Lipinski definition) is 3. The zero-order valence-electron chi connectivity index (χ0n) is 20.4. The summed E-state index contributed by atoms with van der Waals surface area (Å²) in [5.41, 5.74) is 3.67. The van der Waals surface area contributed by atoms with Crippen LogP contribution in [-0.4, -0.2) is 54.4 Å². The molecule has 0 spiro atoms. The van der Waals surface area contributed by atoms with Crippen molar-refractivity contribution in [2.45, 2.75) is 45.8 Å². The van der Waals surface area contributed by atoms with Crippen molar-refractivity contribution in [1.29, 1.82) is 0 Å². The molecule has 190 valence electrons. The van der Waals surface area contributed by atoms with Gasteiger partial charge in [0.2, 0.25) is 0 Å². The number of halogens is 3. The molecule has 3 rings (SSSR count). The highest BCUT2D eigenvalue weighted by atomic mass is 19.4. The minimum Gasteiger partial charge on any atom is -0.379 e. The van der Waals surface area contributed by atoms with E-state index in [2.05, 4.69) is 14.8 Å². The molecule has 1 aliphatic rings. The van der Waals surface area contributed by atoms with Crippen LogP contribution in [0.4, 0.5) is 13.2 Å². The lowest BCUT2D eigenvalue weighted by Crippen LogP contribution is -2.37. The molecule has 1 aromatic carbocycles. The third-order valence-electron chi connectivity index (χ3n) is 5.97. The van der Waals surface area contributed by atoms with E-state index < -0.39 is 12.6 Å². The molecule has 1 aromatic heterocycles. The highest BCUT2D eigenvalue weighted by molar-refractivity contribution is 5.98. The number of morpholine rings is 1. The average molecular weight is 490 g/mol. The van der Waals surface area contributed by atoms with E-state index in [4.69, 9.17) is 4.74 Å². The van der Waals surface area contributed by atoms with Crippen LogP contribution in [0.15, 0.2) is 60.3 Å². The molecule has 2 aromatic rings. The third-order valence-corrected chi connectivity index (χ3v) is 5.97. The van der Waals surface area contributed by atoms with Gasteiger partial charge >= 0.3 is 6.18 Å². The first-order chi connectivity index (χ1) is 16.8.